The van der Waals surface area contributed by atoms with E-state index < -0.39 is 0 Å². The fourth-order valence-electron chi connectivity index (χ4n) is 4.78. The maximum Gasteiger partial charge on any atom is 0.252 e. The van der Waals surface area contributed by atoms with Crippen molar-refractivity contribution < 1.29 is 19.1 Å². The Morgan fingerprint density at radius 3 is 2.74 bits per heavy atom. The van der Waals surface area contributed by atoms with Crippen LogP contribution in [0.3, 0.4) is 0 Å². The number of Topliss-reactive ketones (excluding diaryl/α,β-unsaturated/α-hetero) is 1. The molecule has 0 radical (unpaired) electrons. The summed E-state index contributed by atoms with van der Waals surface area (Å²) in [6.07, 6.45) is 4.28. The summed E-state index contributed by atoms with van der Waals surface area (Å²) in [6, 6.07) is 11.1. The number of anilines is 2. The van der Waals surface area contributed by atoms with E-state index in [-0.39, 0.29) is 35.1 Å². The van der Waals surface area contributed by atoms with E-state index in [2.05, 4.69) is 55.1 Å². The SMILES string of the molecule is COc1cc(C(=O)NC2CCN(C)CC2)c(I)cc1Nc1ncc(C#N)c(Oc2cccc3c2C(=O)CC3)n1. The highest BCUT2D eigenvalue weighted by atomic mass is 127. The lowest BCUT2D eigenvalue weighted by atomic mass is 10.0. The molecule has 0 spiro atoms. The second kappa shape index (κ2) is 11.5. The van der Waals surface area contributed by atoms with E-state index in [1.165, 1.54) is 13.3 Å². The van der Waals surface area contributed by atoms with Crippen LogP contribution < -0.4 is 20.1 Å². The van der Waals surface area contributed by atoms with Crippen LogP contribution in [-0.4, -0.2) is 59.8 Å². The highest BCUT2D eigenvalue weighted by Crippen LogP contribution is 2.35. The van der Waals surface area contributed by atoms with Crippen LogP contribution in [0.1, 0.15) is 51.1 Å². The van der Waals surface area contributed by atoms with Gasteiger partial charge in [0.05, 0.1) is 30.1 Å². The first-order valence-corrected chi connectivity index (χ1v) is 13.7. The molecule has 1 amide bonds. The number of carbonyl (C=O) groups excluding carboxylic acids is 2. The molecule has 10 nitrogen and oxygen atoms in total. The molecule has 11 heteroatoms. The van der Waals surface area contributed by atoms with Crippen LogP contribution in [-0.2, 0) is 6.42 Å². The fourth-order valence-corrected chi connectivity index (χ4v) is 5.49. The van der Waals surface area contributed by atoms with Crippen molar-refractivity contribution in [2.24, 2.45) is 0 Å². The number of fused-ring (bicyclic) bond motifs is 1. The second-order valence-corrected chi connectivity index (χ2v) is 10.7. The van der Waals surface area contributed by atoms with Gasteiger partial charge in [-0.1, -0.05) is 12.1 Å². The minimum atomic E-state index is -0.144. The van der Waals surface area contributed by atoms with Crippen LogP contribution in [0.4, 0.5) is 11.6 Å². The third-order valence-corrected chi connectivity index (χ3v) is 7.82. The van der Waals surface area contributed by atoms with E-state index in [1.807, 2.05) is 18.2 Å². The Morgan fingerprint density at radius 1 is 1.21 bits per heavy atom. The standard InChI is InChI=1S/C28H27IN6O4/c1-35-10-8-18(9-11-35)32-26(37)19-12-24(38-2)21(13-20(19)29)33-28-31-15-17(14-30)27(34-28)39-23-5-3-4-16-6-7-22(36)25(16)23/h3-5,12-13,15,18H,6-11H2,1-2H3,(H,32,37)(H,31,33,34). The Kier molecular flexibility index (Phi) is 7.94. The topological polar surface area (TPSA) is 129 Å². The van der Waals surface area contributed by atoms with E-state index in [9.17, 15) is 14.9 Å². The number of ketones is 1. The van der Waals surface area contributed by atoms with Gasteiger partial charge in [-0.05, 0) is 85.8 Å². The number of amides is 1. The van der Waals surface area contributed by atoms with Crippen molar-refractivity contribution in [2.45, 2.75) is 31.7 Å². The maximum atomic E-state index is 13.0. The molecular weight excluding hydrogens is 611 g/mol. The molecular formula is C28H27IN6O4. The Bertz CT molecular complexity index is 1480. The quantitative estimate of drug-likeness (QED) is 0.361. The van der Waals surface area contributed by atoms with Crippen LogP contribution in [0.15, 0.2) is 36.5 Å². The highest BCUT2D eigenvalue weighted by Gasteiger charge is 2.25. The number of halogens is 1. The summed E-state index contributed by atoms with van der Waals surface area (Å²) >= 11 is 2.12. The molecule has 0 saturated carbocycles. The number of benzene rings is 2. The molecule has 2 aliphatic rings. The summed E-state index contributed by atoms with van der Waals surface area (Å²) in [5, 5.41) is 15.8. The number of nitriles is 1. The zero-order valence-corrected chi connectivity index (χ0v) is 23.7. The molecule has 200 valence electrons. The van der Waals surface area contributed by atoms with Crippen molar-refractivity contribution >= 4 is 45.9 Å². The Balaban J connectivity index is 1.38. The lowest BCUT2D eigenvalue weighted by Crippen LogP contribution is -2.43. The summed E-state index contributed by atoms with van der Waals surface area (Å²) in [6.45, 7) is 1.90. The second-order valence-electron chi connectivity index (χ2n) is 9.55. The number of methoxy groups -OCH3 is 1. The largest absolute Gasteiger partial charge is 0.495 e. The van der Waals surface area contributed by atoms with Gasteiger partial charge in [-0.2, -0.15) is 10.2 Å². The van der Waals surface area contributed by atoms with Crippen LogP contribution in [0, 0.1) is 14.9 Å². The van der Waals surface area contributed by atoms with Crippen LogP contribution in [0.5, 0.6) is 17.4 Å². The first-order valence-electron chi connectivity index (χ1n) is 12.6. The van der Waals surface area contributed by atoms with Crippen molar-refractivity contribution in [1.82, 2.24) is 20.2 Å². The minimum absolute atomic E-state index is 0.00535. The lowest BCUT2D eigenvalue weighted by Gasteiger charge is -2.29. The molecule has 0 bridgehead atoms. The summed E-state index contributed by atoms with van der Waals surface area (Å²) < 4.78 is 12.3. The average molecular weight is 638 g/mol. The van der Waals surface area contributed by atoms with Gasteiger partial charge >= 0.3 is 0 Å². The third-order valence-electron chi connectivity index (χ3n) is 6.93. The number of likely N-dealkylation sites (tertiary alicyclic amines) is 1. The highest BCUT2D eigenvalue weighted by molar-refractivity contribution is 14.1. The van der Waals surface area contributed by atoms with Gasteiger partial charge in [-0.25, -0.2) is 4.98 Å². The lowest BCUT2D eigenvalue weighted by molar-refractivity contribution is 0.0914. The molecule has 2 aromatic carbocycles. The smallest absolute Gasteiger partial charge is 0.252 e. The number of ether oxygens (including phenoxy) is 2. The van der Waals surface area contributed by atoms with E-state index in [4.69, 9.17) is 9.47 Å². The normalized spacial score (nSPS) is 15.4. The first-order chi connectivity index (χ1) is 18.9. The molecule has 2 N–H and O–H groups in total. The molecule has 5 rings (SSSR count). The van der Waals surface area contributed by atoms with Crippen molar-refractivity contribution in [3.8, 4) is 23.4 Å². The zero-order chi connectivity index (χ0) is 27.5. The molecule has 3 aromatic rings. The molecule has 1 aliphatic heterocycles. The summed E-state index contributed by atoms with van der Waals surface area (Å²) in [5.41, 5.74) is 2.64. The van der Waals surface area contributed by atoms with Crippen molar-refractivity contribution in [3.63, 3.8) is 0 Å². The van der Waals surface area contributed by atoms with Gasteiger partial charge < -0.3 is 25.0 Å². The molecule has 0 unspecified atom stereocenters. The van der Waals surface area contributed by atoms with E-state index >= 15 is 0 Å². The Morgan fingerprint density at radius 2 is 2.00 bits per heavy atom. The summed E-state index contributed by atoms with van der Waals surface area (Å²) in [4.78, 5) is 36.4. The number of nitrogens with zero attached hydrogens (tertiary/aromatic N) is 4. The third kappa shape index (κ3) is 5.81. The van der Waals surface area contributed by atoms with E-state index in [1.54, 1.807) is 18.2 Å². The van der Waals surface area contributed by atoms with Crippen molar-refractivity contribution in [1.29, 1.82) is 5.26 Å². The molecule has 1 aliphatic carbocycles. The van der Waals surface area contributed by atoms with E-state index in [0.29, 0.717) is 41.2 Å². The maximum absolute atomic E-state index is 13.0. The number of carbonyl (C=O) groups is 2. The van der Waals surface area contributed by atoms with Gasteiger partial charge in [-0.3, -0.25) is 9.59 Å². The molecule has 0 atom stereocenters. The number of hydrogen-bond acceptors (Lipinski definition) is 9. The first kappa shape index (κ1) is 26.8. The number of hydrogen-bond donors (Lipinski definition) is 2. The summed E-state index contributed by atoms with van der Waals surface area (Å²) in [5.74, 6) is 0.861. The van der Waals surface area contributed by atoms with Crippen LogP contribution in [0.25, 0.3) is 0 Å². The van der Waals surface area contributed by atoms with Gasteiger partial charge in [0.2, 0.25) is 11.8 Å². The van der Waals surface area contributed by atoms with Crippen LogP contribution in [0.2, 0.25) is 0 Å². The zero-order valence-electron chi connectivity index (χ0n) is 21.6. The average Bonchev–Trinajstić information content (AvgIpc) is 3.32. The predicted octanol–water partition coefficient (Wildman–Crippen LogP) is 4.45. The van der Waals surface area contributed by atoms with Gasteiger partial charge in [0.15, 0.2) is 5.78 Å². The molecule has 1 fully saturated rings. The molecule has 1 saturated heterocycles. The van der Waals surface area contributed by atoms with E-state index in [0.717, 1.165) is 35.1 Å². The number of aromatic nitrogens is 2. The van der Waals surface area contributed by atoms with Gasteiger partial charge in [-0.15, -0.1) is 0 Å². The van der Waals surface area contributed by atoms with Gasteiger partial charge in [0, 0.05) is 16.0 Å². The fraction of sp³-hybridized carbons (Fsp3) is 0.321. The van der Waals surface area contributed by atoms with Crippen molar-refractivity contribution in [2.75, 3.05) is 32.6 Å². The van der Waals surface area contributed by atoms with Gasteiger partial charge in [0.1, 0.15) is 23.1 Å². The molecule has 1 aromatic heterocycles. The number of aryl methyl sites for hydroxylation is 1. The Labute approximate surface area is 239 Å². The van der Waals surface area contributed by atoms with Crippen LogP contribution >= 0.6 is 22.6 Å². The number of piperidine rings is 1. The minimum Gasteiger partial charge on any atom is -0.495 e. The number of rotatable bonds is 7. The molecule has 39 heavy (non-hydrogen) atoms. The number of nitrogens with one attached hydrogen (secondary N) is 2. The monoisotopic (exact) mass is 638 g/mol. The molecule has 2 heterocycles. The summed E-state index contributed by atoms with van der Waals surface area (Å²) in [7, 11) is 3.60. The Hall–Kier alpha value is -3.76. The van der Waals surface area contributed by atoms with Gasteiger partial charge in [0.25, 0.3) is 5.91 Å². The predicted molar refractivity (Wildman–Crippen MR) is 153 cm³/mol. The van der Waals surface area contributed by atoms with Crippen molar-refractivity contribution in [3.05, 3.63) is 62.4 Å².